The van der Waals surface area contributed by atoms with E-state index in [1.165, 1.54) is 0 Å². The minimum absolute atomic E-state index is 0.0103. The number of hydrogen-bond donors (Lipinski definition) is 2. The fourth-order valence-electron chi connectivity index (χ4n) is 2.23. The van der Waals surface area contributed by atoms with E-state index in [-0.39, 0.29) is 18.4 Å². The molecule has 3 N–H and O–H groups in total. The normalized spacial score (nSPS) is 16.3. The summed E-state index contributed by atoms with van der Waals surface area (Å²) in [4.78, 5) is 14.0. The molecule has 1 aromatic rings. The maximum Gasteiger partial charge on any atom is 0.230 e. The Morgan fingerprint density at radius 1 is 1.50 bits per heavy atom. The van der Waals surface area contributed by atoms with Crippen LogP contribution in [0.2, 0.25) is 0 Å². The molecule has 1 aliphatic carbocycles. The zero-order valence-electron chi connectivity index (χ0n) is 10.7. The van der Waals surface area contributed by atoms with Gasteiger partial charge in [-0.15, -0.1) is 0 Å². The van der Waals surface area contributed by atoms with Crippen LogP contribution in [0.4, 0.5) is 11.4 Å². The second-order valence-corrected chi connectivity index (χ2v) is 4.90. The summed E-state index contributed by atoms with van der Waals surface area (Å²) in [5.41, 5.74) is 7.18. The molecular formula is C14H20N2O2. The minimum Gasteiger partial charge on any atom is -0.397 e. The van der Waals surface area contributed by atoms with Crippen LogP contribution in [0.25, 0.3) is 0 Å². The Hall–Kier alpha value is -1.55. The summed E-state index contributed by atoms with van der Waals surface area (Å²) in [6.07, 6.45) is 2.26. The van der Waals surface area contributed by atoms with E-state index >= 15 is 0 Å². The van der Waals surface area contributed by atoms with E-state index in [0.29, 0.717) is 23.8 Å². The van der Waals surface area contributed by atoms with Crippen LogP contribution in [0.1, 0.15) is 19.8 Å². The maximum absolute atomic E-state index is 12.4. The molecule has 0 bridgehead atoms. The molecule has 4 heteroatoms. The summed E-state index contributed by atoms with van der Waals surface area (Å²) in [6, 6.07) is 7.28. The number of anilines is 2. The van der Waals surface area contributed by atoms with Crippen molar-refractivity contribution in [3.05, 3.63) is 24.3 Å². The summed E-state index contributed by atoms with van der Waals surface area (Å²) in [7, 11) is 0. The van der Waals surface area contributed by atoms with Gasteiger partial charge in [0.15, 0.2) is 0 Å². The molecule has 0 aromatic heterocycles. The van der Waals surface area contributed by atoms with Gasteiger partial charge in [-0.05, 0) is 30.9 Å². The fraction of sp³-hybridized carbons (Fsp3) is 0.500. The van der Waals surface area contributed by atoms with E-state index in [0.717, 1.165) is 12.8 Å². The first-order valence-electron chi connectivity index (χ1n) is 6.42. The van der Waals surface area contributed by atoms with Crippen molar-refractivity contribution < 1.29 is 9.90 Å². The lowest BCUT2D eigenvalue weighted by atomic mass is 10.0. The zero-order valence-corrected chi connectivity index (χ0v) is 10.7. The van der Waals surface area contributed by atoms with Crippen LogP contribution in [-0.2, 0) is 4.79 Å². The van der Waals surface area contributed by atoms with Gasteiger partial charge in [0.1, 0.15) is 0 Å². The highest BCUT2D eigenvalue weighted by atomic mass is 16.3. The number of aliphatic hydroxyl groups excluding tert-OH is 1. The van der Waals surface area contributed by atoms with Crippen molar-refractivity contribution in [1.82, 2.24) is 0 Å². The Balaban J connectivity index is 2.22. The summed E-state index contributed by atoms with van der Waals surface area (Å²) >= 11 is 0. The average molecular weight is 248 g/mol. The lowest BCUT2D eigenvalue weighted by molar-refractivity contribution is -0.122. The maximum atomic E-state index is 12.4. The number of para-hydroxylation sites is 2. The number of amides is 1. The van der Waals surface area contributed by atoms with Crippen LogP contribution in [0.5, 0.6) is 0 Å². The molecule has 98 valence electrons. The number of nitrogen functional groups attached to an aromatic ring is 1. The van der Waals surface area contributed by atoms with E-state index in [1.54, 1.807) is 11.0 Å². The van der Waals surface area contributed by atoms with Crippen molar-refractivity contribution in [2.75, 3.05) is 23.8 Å². The van der Waals surface area contributed by atoms with Gasteiger partial charge in [-0.1, -0.05) is 19.1 Å². The van der Waals surface area contributed by atoms with Crippen LogP contribution in [0.3, 0.4) is 0 Å². The second kappa shape index (κ2) is 5.40. The van der Waals surface area contributed by atoms with Crippen LogP contribution < -0.4 is 10.6 Å². The Morgan fingerprint density at radius 2 is 2.17 bits per heavy atom. The minimum atomic E-state index is -0.0581. The van der Waals surface area contributed by atoms with E-state index in [4.69, 9.17) is 10.8 Å². The van der Waals surface area contributed by atoms with Crippen molar-refractivity contribution in [3.8, 4) is 0 Å². The lowest BCUT2D eigenvalue weighted by Gasteiger charge is -2.26. The Bertz CT molecular complexity index is 430. The molecule has 1 atom stereocenters. The third-order valence-corrected chi connectivity index (χ3v) is 3.54. The first kappa shape index (κ1) is 12.9. The molecule has 1 unspecified atom stereocenters. The second-order valence-electron chi connectivity index (χ2n) is 4.90. The van der Waals surface area contributed by atoms with Gasteiger partial charge in [0.2, 0.25) is 5.91 Å². The van der Waals surface area contributed by atoms with Crippen molar-refractivity contribution in [1.29, 1.82) is 0 Å². The van der Waals surface area contributed by atoms with Crippen molar-refractivity contribution in [3.63, 3.8) is 0 Å². The van der Waals surface area contributed by atoms with Gasteiger partial charge in [-0.3, -0.25) is 4.79 Å². The van der Waals surface area contributed by atoms with Gasteiger partial charge in [0.25, 0.3) is 0 Å². The van der Waals surface area contributed by atoms with Gasteiger partial charge in [0, 0.05) is 12.5 Å². The number of rotatable bonds is 5. The Labute approximate surface area is 107 Å². The highest BCUT2D eigenvalue weighted by Crippen LogP contribution is 2.38. The lowest BCUT2D eigenvalue weighted by Crippen LogP contribution is -2.38. The van der Waals surface area contributed by atoms with Crippen LogP contribution >= 0.6 is 0 Å². The third kappa shape index (κ3) is 2.64. The molecule has 1 aromatic carbocycles. The number of hydrogen-bond acceptors (Lipinski definition) is 3. The fourth-order valence-corrected chi connectivity index (χ4v) is 2.23. The zero-order chi connectivity index (χ0) is 13.1. The largest absolute Gasteiger partial charge is 0.397 e. The monoisotopic (exact) mass is 248 g/mol. The van der Waals surface area contributed by atoms with E-state index in [2.05, 4.69) is 0 Å². The van der Waals surface area contributed by atoms with Crippen LogP contribution in [-0.4, -0.2) is 24.2 Å². The first-order chi connectivity index (χ1) is 8.65. The van der Waals surface area contributed by atoms with Gasteiger partial charge < -0.3 is 15.7 Å². The van der Waals surface area contributed by atoms with E-state index in [9.17, 15) is 4.79 Å². The van der Waals surface area contributed by atoms with Gasteiger partial charge in [0.05, 0.1) is 18.0 Å². The van der Waals surface area contributed by atoms with Gasteiger partial charge in [-0.2, -0.15) is 0 Å². The number of benzene rings is 1. The predicted octanol–water partition coefficient (Wildman–Crippen LogP) is 1.64. The number of nitrogens with zero attached hydrogens (tertiary/aromatic N) is 1. The summed E-state index contributed by atoms with van der Waals surface area (Å²) in [5, 5.41) is 9.14. The van der Waals surface area contributed by atoms with Crippen molar-refractivity contribution >= 4 is 17.3 Å². The number of carbonyl (C=O) groups excluding carboxylic acids is 1. The molecule has 0 aliphatic heterocycles. The number of nitrogens with two attached hydrogens (primary N) is 1. The number of aliphatic hydroxyl groups is 1. The summed E-state index contributed by atoms with van der Waals surface area (Å²) in [6.45, 7) is 2.20. The standard InChI is InChI=1S/C14H20N2O2/c1-10(11-6-7-11)14(18)16(8-9-17)13-5-3-2-4-12(13)15/h2-5,10-11,17H,6-9,15H2,1H3. The SMILES string of the molecule is CC(C(=O)N(CCO)c1ccccc1N)C1CC1. The van der Waals surface area contributed by atoms with Crippen molar-refractivity contribution in [2.24, 2.45) is 11.8 Å². The highest BCUT2D eigenvalue weighted by Gasteiger charge is 2.35. The molecule has 18 heavy (non-hydrogen) atoms. The molecule has 0 heterocycles. The molecular weight excluding hydrogens is 228 g/mol. The highest BCUT2D eigenvalue weighted by molar-refractivity contribution is 5.97. The predicted molar refractivity (Wildman–Crippen MR) is 72.2 cm³/mol. The quantitative estimate of drug-likeness (QED) is 0.778. The summed E-state index contributed by atoms with van der Waals surface area (Å²) in [5.74, 6) is 0.573. The Morgan fingerprint density at radius 3 is 2.72 bits per heavy atom. The third-order valence-electron chi connectivity index (χ3n) is 3.54. The molecule has 2 rings (SSSR count). The smallest absolute Gasteiger partial charge is 0.230 e. The molecule has 0 saturated heterocycles. The van der Waals surface area contributed by atoms with Crippen LogP contribution in [0.15, 0.2) is 24.3 Å². The van der Waals surface area contributed by atoms with E-state index in [1.807, 2.05) is 25.1 Å². The molecule has 1 fully saturated rings. The first-order valence-corrected chi connectivity index (χ1v) is 6.42. The molecule has 0 spiro atoms. The molecule has 1 saturated carbocycles. The average Bonchev–Trinajstić information content (AvgIpc) is 3.19. The van der Waals surface area contributed by atoms with Gasteiger partial charge in [-0.25, -0.2) is 0 Å². The number of carbonyl (C=O) groups is 1. The van der Waals surface area contributed by atoms with E-state index < -0.39 is 0 Å². The topological polar surface area (TPSA) is 66.6 Å². The molecule has 4 nitrogen and oxygen atoms in total. The molecule has 1 amide bonds. The molecule has 0 radical (unpaired) electrons. The van der Waals surface area contributed by atoms with Crippen molar-refractivity contribution in [2.45, 2.75) is 19.8 Å². The van der Waals surface area contributed by atoms with Gasteiger partial charge >= 0.3 is 0 Å². The summed E-state index contributed by atoms with van der Waals surface area (Å²) < 4.78 is 0. The Kier molecular flexibility index (Phi) is 3.87. The molecule has 1 aliphatic rings. The van der Waals surface area contributed by atoms with Crippen LogP contribution in [0, 0.1) is 11.8 Å².